The predicted molar refractivity (Wildman–Crippen MR) is 72.8 cm³/mol. The SMILES string of the molecule is N#Cc1ccc2c(ccn2C(=O)c2ccccc2F)c1. The van der Waals surface area contributed by atoms with Gasteiger partial charge in [-0.05, 0) is 36.4 Å². The summed E-state index contributed by atoms with van der Waals surface area (Å²) in [5.41, 5.74) is 1.19. The van der Waals surface area contributed by atoms with E-state index in [0.29, 0.717) is 11.1 Å². The van der Waals surface area contributed by atoms with E-state index < -0.39 is 11.7 Å². The molecule has 0 unspecified atom stereocenters. The van der Waals surface area contributed by atoms with Gasteiger partial charge in [0.15, 0.2) is 0 Å². The second-order valence-corrected chi connectivity index (χ2v) is 4.36. The number of carbonyl (C=O) groups excluding carboxylic acids is 1. The van der Waals surface area contributed by atoms with Gasteiger partial charge in [-0.2, -0.15) is 5.26 Å². The quantitative estimate of drug-likeness (QED) is 0.676. The van der Waals surface area contributed by atoms with E-state index in [0.717, 1.165) is 5.39 Å². The standard InChI is InChI=1S/C16H9FN2O/c17-14-4-2-1-3-13(14)16(20)19-8-7-12-9-11(10-18)5-6-15(12)19/h1-9H. The number of hydrogen-bond acceptors (Lipinski definition) is 2. The van der Waals surface area contributed by atoms with Crippen LogP contribution in [0.4, 0.5) is 4.39 Å². The van der Waals surface area contributed by atoms with Crippen molar-refractivity contribution >= 4 is 16.8 Å². The van der Waals surface area contributed by atoms with Crippen molar-refractivity contribution < 1.29 is 9.18 Å². The second-order valence-electron chi connectivity index (χ2n) is 4.36. The molecule has 3 aromatic rings. The number of nitriles is 1. The molecular weight excluding hydrogens is 255 g/mol. The molecule has 3 nitrogen and oxygen atoms in total. The van der Waals surface area contributed by atoms with Crippen molar-refractivity contribution in [3.8, 4) is 6.07 Å². The van der Waals surface area contributed by atoms with Gasteiger partial charge in [0.1, 0.15) is 5.82 Å². The number of nitrogens with zero attached hydrogens (tertiary/aromatic N) is 2. The first-order chi connectivity index (χ1) is 9.70. The van der Waals surface area contributed by atoms with E-state index in [1.54, 1.807) is 42.6 Å². The van der Waals surface area contributed by atoms with E-state index in [-0.39, 0.29) is 5.56 Å². The van der Waals surface area contributed by atoms with Crippen LogP contribution in [0.15, 0.2) is 54.7 Å². The van der Waals surface area contributed by atoms with E-state index in [4.69, 9.17) is 5.26 Å². The Morgan fingerprint density at radius 2 is 1.95 bits per heavy atom. The molecule has 0 aliphatic rings. The van der Waals surface area contributed by atoms with E-state index in [1.165, 1.54) is 16.7 Å². The van der Waals surface area contributed by atoms with Crippen molar-refractivity contribution in [2.24, 2.45) is 0 Å². The van der Waals surface area contributed by atoms with Crippen molar-refractivity contribution in [1.29, 1.82) is 5.26 Å². The Morgan fingerprint density at radius 3 is 2.70 bits per heavy atom. The third-order valence-corrected chi connectivity index (χ3v) is 3.14. The average Bonchev–Trinajstić information content (AvgIpc) is 2.90. The molecule has 0 spiro atoms. The van der Waals surface area contributed by atoms with Crippen LogP contribution >= 0.6 is 0 Å². The predicted octanol–water partition coefficient (Wildman–Crippen LogP) is 3.34. The lowest BCUT2D eigenvalue weighted by Gasteiger charge is -2.05. The average molecular weight is 264 g/mol. The summed E-state index contributed by atoms with van der Waals surface area (Å²) in [4.78, 5) is 12.4. The van der Waals surface area contributed by atoms with Crippen LogP contribution in [0.1, 0.15) is 15.9 Å². The third kappa shape index (κ3) is 1.86. The van der Waals surface area contributed by atoms with E-state index in [9.17, 15) is 9.18 Å². The summed E-state index contributed by atoms with van der Waals surface area (Å²) in [5, 5.41) is 9.63. The Hall–Kier alpha value is -2.93. The van der Waals surface area contributed by atoms with Crippen molar-refractivity contribution in [1.82, 2.24) is 4.57 Å². The maximum atomic E-state index is 13.7. The van der Waals surface area contributed by atoms with Crippen molar-refractivity contribution in [2.75, 3.05) is 0 Å². The van der Waals surface area contributed by atoms with Gasteiger partial charge in [-0.25, -0.2) is 4.39 Å². The molecular formula is C16H9FN2O. The first kappa shape index (κ1) is 12.1. The van der Waals surface area contributed by atoms with Crippen LogP contribution < -0.4 is 0 Å². The topological polar surface area (TPSA) is 45.8 Å². The van der Waals surface area contributed by atoms with Crippen LogP contribution in [-0.2, 0) is 0 Å². The highest BCUT2D eigenvalue weighted by atomic mass is 19.1. The number of rotatable bonds is 1. The number of aromatic nitrogens is 1. The minimum Gasteiger partial charge on any atom is -0.283 e. The molecule has 0 amide bonds. The summed E-state index contributed by atoms with van der Waals surface area (Å²) in [6.45, 7) is 0. The minimum atomic E-state index is -0.548. The van der Waals surface area contributed by atoms with Crippen LogP contribution in [0.5, 0.6) is 0 Å². The largest absolute Gasteiger partial charge is 0.283 e. The molecule has 20 heavy (non-hydrogen) atoms. The highest BCUT2D eigenvalue weighted by Crippen LogP contribution is 2.19. The summed E-state index contributed by atoms with van der Waals surface area (Å²) in [7, 11) is 0. The van der Waals surface area contributed by atoms with Crippen LogP contribution in [-0.4, -0.2) is 10.5 Å². The summed E-state index contributed by atoms with van der Waals surface area (Å²) in [6.07, 6.45) is 1.58. The maximum Gasteiger partial charge on any atom is 0.265 e. The first-order valence-electron chi connectivity index (χ1n) is 6.01. The zero-order chi connectivity index (χ0) is 14.1. The highest BCUT2D eigenvalue weighted by Gasteiger charge is 2.15. The Balaban J connectivity index is 2.14. The molecule has 2 aromatic carbocycles. The summed E-state index contributed by atoms with van der Waals surface area (Å²) < 4.78 is 15.1. The van der Waals surface area contributed by atoms with Gasteiger partial charge in [0.05, 0.1) is 22.7 Å². The number of fused-ring (bicyclic) bond motifs is 1. The Bertz CT molecular complexity index is 858. The molecule has 1 heterocycles. The number of benzene rings is 2. The van der Waals surface area contributed by atoms with Crippen LogP contribution in [0.25, 0.3) is 10.9 Å². The zero-order valence-corrected chi connectivity index (χ0v) is 10.4. The fraction of sp³-hybridized carbons (Fsp3) is 0. The van der Waals surface area contributed by atoms with E-state index in [1.807, 2.05) is 6.07 Å². The molecule has 0 saturated heterocycles. The molecule has 0 N–H and O–H groups in total. The zero-order valence-electron chi connectivity index (χ0n) is 10.4. The number of hydrogen-bond donors (Lipinski definition) is 0. The van der Waals surface area contributed by atoms with Gasteiger partial charge in [0.2, 0.25) is 0 Å². The monoisotopic (exact) mass is 264 g/mol. The van der Waals surface area contributed by atoms with Crippen molar-refractivity contribution in [3.63, 3.8) is 0 Å². The minimum absolute atomic E-state index is 0.0226. The van der Waals surface area contributed by atoms with Crippen LogP contribution in [0.3, 0.4) is 0 Å². The summed E-state index contributed by atoms with van der Waals surface area (Å²) in [6, 6.07) is 14.7. The van der Waals surface area contributed by atoms with Gasteiger partial charge >= 0.3 is 0 Å². The third-order valence-electron chi connectivity index (χ3n) is 3.14. The van der Waals surface area contributed by atoms with Crippen molar-refractivity contribution in [3.05, 3.63) is 71.7 Å². The molecule has 0 bridgehead atoms. The fourth-order valence-electron chi connectivity index (χ4n) is 2.15. The van der Waals surface area contributed by atoms with Gasteiger partial charge in [0, 0.05) is 11.6 Å². The molecule has 0 atom stereocenters. The van der Waals surface area contributed by atoms with Gasteiger partial charge in [-0.3, -0.25) is 9.36 Å². The molecule has 3 rings (SSSR count). The first-order valence-corrected chi connectivity index (χ1v) is 6.01. The Labute approximate surface area is 114 Å². The van der Waals surface area contributed by atoms with Crippen LogP contribution in [0, 0.1) is 17.1 Å². The van der Waals surface area contributed by atoms with Crippen molar-refractivity contribution in [2.45, 2.75) is 0 Å². The van der Waals surface area contributed by atoms with E-state index >= 15 is 0 Å². The van der Waals surface area contributed by atoms with Gasteiger partial charge in [0.25, 0.3) is 5.91 Å². The highest BCUT2D eigenvalue weighted by molar-refractivity contribution is 6.02. The normalized spacial score (nSPS) is 10.4. The summed E-state index contributed by atoms with van der Waals surface area (Å²) >= 11 is 0. The lowest BCUT2D eigenvalue weighted by molar-refractivity contribution is 0.0961. The second kappa shape index (κ2) is 4.63. The summed E-state index contributed by atoms with van der Waals surface area (Å²) in [5.74, 6) is -0.976. The van der Waals surface area contributed by atoms with Gasteiger partial charge < -0.3 is 0 Å². The van der Waals surface area contributed by atoms with Gasteiger partial charge in [-0.1, -0.05) is 12.1 Å². The number of carbonyl (C=O) groups is 1. The maximum absolute atomic E-state index is 13.7. The molecule has 0 fully saturated rings. The van der Waals surface area contributed by atoms with E-state index in [2.05, 4.69) is 0 Å². The lowest BCUT2D eigenvalue weighted by Crippen LogP contribution is -2.12. The Kier molecular flexibility index (Phi) is 2.81. The van der Waals surface area contributed by atoms with Crippen LogP contribution in [0.2, 0.25) is 0 Å². The molecule has 0 aliphatic carbocycles. The molecule has 1 aromatic heterocycles. The molecule has 0 aliphatic heterocycles. The molecule has 0 radical (unpaired) electrons. The lowest BCUT2D eigenvalue weighted by atomic mass is 10.1. The molecule has 0 saturated carbocycles. The van der Waals surface area contributed by atoms with Gasteiger partial charge in [-0.15, -0.1) is 0 Å². The fourth-order valence-corrected chi connectivity index (χ4v) is 2.15. The smallest absolute Gasteiger partial charge is 0.265 e. The molecule has 96 valence electrons. The number of halogens is 1. The molecule has 4 heteroatoms. The Morgan fingerprint density at radius 1 is 1.15 bits per heavy atom.